The topological polar surface area (TPSA) is 9.23 Å². The van der Waals surface area contributed by atoms with Crippen LogP contribution in [0.1, 0.15) is 59.8 Å². The summed E-state index contributed by atoms with van der Waals surface area (Å²) in [6, 6.07) is 0. The average molecular weight is 236 g/mol. The fraction of sp³-hybridized carbons (Fsp3) is 1.00. The smallest absolute Gasteiger partial charge is 0.0612 e. The van der Waals surface area contributed by atoms with Gasteiger partial charge in [0.2, 0.25) is 0 Å². The normalized spacial score (nSPS) is 46.2. The van der Waals surface area contributed by atoms with Gasteiger partial charge in [0, 0.05) is 0 Å². The Morgan fingerprint density at radius 3 is 2.41 bits per heavy atom. The van der Waals surface area contributed by atoms with E-state index in [2.05, 4.69) is 27.7 Å². The van der Waals surface area contributed by atoms with E-state index in [0.29, 0.717) is 12.2 Å². The van der Waals surface area contributed by atoms with Crippen LogP contribution < -0.4 is 0 Å². The zero-order valence-corrected chi connectivity index (χ0v) is 11.9. The first-order valence-electron chi connectivity index (χ1n) is 7.62. The van der Waals surface area contributed by atoms with Crippen molar-refractivity contribution in [2.24, 2.45) is 29.1 Å². The number of ether oxygens (including phenoxy) is 1. The van der Waals surface area contributed by atoms with Crippen molar-refractivity contribution < 1.29 is 4.74 Å². The van der Waals surface area contributed by atoms with Gasteiger partial charge < -0.3 is 4.74 Å². The van der Waals surface area contributed by atoms with Crippen LogP contribution >= 0.6 is 0 Å². The van der Waals surface area contributed by atoms with Gasteiger partial charge in [-0.05, 0) is 61.7 Å². The molecule has 98 valence electrons. The van der Waals surface area contributed by atoms with Crippen LogP contribution in [0.25, 0.3) is 0 Å². The molecule has 3 aliphatic rings. The summed E-state index contributed by atoms with van der Waals surface area (Å²) >= 11 is 0. The van der Waals surface area contributed by atoms with Gasteiger partial charge in [0.05, 0.1) is 12.2 Å². The van der Waals surface area contributed by atoms with Crippen LogP contribution in [0.4, 0.5) is 0 Å². The molecule has 6 unspecified atom stereocenters. The lowest BCUT2D eigenvalue weighted by atomic mass is 9.80. The van der Waals surface area contributed by atoms with Crippen molar-refractivity contribution in [1.82, 2.24) is 0 Å². The summed E-state index contributed by atoms with van der Waals surface area (Å²) in [6.07, 6.45) is 8.34. The molecular formula is C16H28O. The van der Waals surface area contributed by atoms with Crippen LogP contribution in [0.15, 0.2) is 0 Å². The summed E-state index contributed by atoms with van der Waals surface area (Å²) < 4.78 is 6.42. The highest BCUT2D eigenvalue weighted by atomic mass is 16.5. The molecule has 0 heterocycles. The second-order valence-corrected chi connectivity index (χ2v) is 7.84. The molecule has 0 amide bonds. The summed E-state index contributed by atoms with van der Waals surface area (Å²) in [5, 5.41) is 0. The highest BCUT2D eigenvalue weighted by Gasteiger charge is 2.54. The van der Waals surface area contributed by atoms with E-state index in [9.17, 15) is 0 Å². The molecule has 0 aromatic heterocycles. The average Bonchev–Trinajstić information content (AvgIpc) is 2.85. The monoisotopic (exact) mass is 236 g/mol. The van der Waals surface area contributed by atoms with E-state index < -0.39 is 0 Å². The maximum atomic E-state index is 6.42. The molecule has 3 saturated carbocycles. The van der Waals surface area contributed by atoms with Crippen LogP contribution in [-0.2, 0) is 4.74 Å². The minimum Gasteiger partial charge on any atom is -0.374 e. The second kappa shape index (κ2) is 3.98. The SMILES string of the molecule is CC(OC1CC2CC1C1CCCC21)C(C)(C)C. The van der Waals surface area contributed by atoms with Gasteiger partial charge in [-0.15, -0.1) is 0 Å². The molecule has 2 bridgehead atoms. The van der Waals surface area contributed by atoms with Crippen LogP contribution in [0, 0.1) is 29.1 Å². The number of fused-ring (bicyclic) bond motifs is 5. The number of hydrogen-bond donors (Lipinski definition) is 0. The Morgan fingerprint density at radius 1 is 1.00 bits per heavy atom. The van der Waals surface area contributed by atoms with Gasteiger partial charge in [-0.2, -0.15) is 0 Å². The predicted molar refractivity (Wildman–Crippen MR) is 70.8 cm³/mol. The highest BCUT2D eigenvalue weighted by Crippen LogP contribution is 2.59. The minimum absolute atomic E-state index is 0.289. The fourth-order valence-electron chi connectivity index (χ4n) is 4.63. The van der Waals surface area contributed by atoms with Gasteiger partial charge >= 0.3 is 0 Å². The van der Waals surface area contributed by atoms with E-state index >= 15 is 0 Å². The van der Waals surface area contributed by atoms with Gasteiger partial charge in [0.1, 0.15) is 0 Å². The predicted octanol–water partition coefficient (Wildman–Crippen LogP) is 4.26. The van der Waals surface area contributed by atoms with Crippen LogP contribution in [0.2, 0.25) is 0 Å². The van der Waals surface area contributed by atoms with E-state index in [-0.39, 0.29) is 5.41 Å². The molecule has 3 fully saturated rings. The third kappa shape index (κ3) is 1.95. The van der Waals surface area contributed by atoms with Crippen molar-refractivity contribution in [3.05, 3.63) is 0 Å². The zero-order chi connectivity index (χ0) is 12.2. The lowest BCUT2D eigenvalue weighted by Gasteiger charge is -2.37. The minimum atomic E-state index is 0.289. The summed E-state index contributed by atoms with van der Waals surface area (Å²) in [5.74, 6) is 4.05. The van der Waals surface area contributed by atoms with Crippen molar-refractivity contribution in [3.8, 4) is 0 Å². The maximum Gasteiger partial charge on any atom is 0.0612 e. The van der Waals surface area contributed by atoms with Crippen molar-refractivity contribution in [2.45, 2.75) is 72.0 Å². The molecule has 6 atom stereocenters. The Morgan fingerprint density at radius 2 is 1.71 bits per heavy atom. The molecule has 3 aliphatic carbocycles. The standard InChI is InChI=1S/C16H28O/c1-10(16(2,3)4)17-15-9-11-8-14(15)13-7-5-6-12(11)13/h10-15H,5-9H2,1-4H3. The van der Waals surface area contributed by atoms with Crippen molar-refractivity contribution in [2.75, 3.05) is 0 Å². The molecule has 0 aromatic rings. The summed E-state index contributed by atoms with van der Waals surface area (Å²) in [4.78, 5) is 0. The molecule has 0 saturated heterocycles. The molecule has 1 nitrogen and oxygen atoms in total. The summed E-state index contributed by atoms with van der Waals surface area (Å²) in [6.45, 7) is 9.15. The molecule has 17 heavy (non-hydrogen) atoms. The molecule has 0 N–H and O–H groups in total. The van der Waals surface area contributed by atoms with Gasteiger partial charge in [0.25, 0.3) is 0 Å². The van der Waals surface area contributed by atoms with E-state index in [1.807, 2.05) is 0 Å². The van der Waals surface area contributed by atoms with Crippen molar-refractivity contribution >= 4 is 0 Å². The quantitative estimate of drug-likeness (QED) is 0.696. The lowest BCUT2D eigenvalue weighted by Crippen LogP contribution is -2.36. The molecule has 0 radical (unpaired) electrons. The Hall–Kier alpha value is -0.0400. The van der Waals surface area contributed by atoms with Crippen molar-refractivity contribution in [3.63, 3.8) is 0 Å². The van der Waals surface area contributed by atoms with E-state index in [1.165, 1.54) is 32.1 Å². The lowest BCUT2D eigenvalue weighted by molar-refractivity contribution is -0.0896. The van der Waals surface area contributed by atoms with E-state index in [0.717, 1.165) is 23.7 Å². The summed E-state index contributed by atoms with van der Waals surface area (Å²) in [7, 11) is 0. The molecule has 3 rings (SSSR count). The van der Waals surface area contributed by atoms with Gasteiger partial charge in [-0.1, -0.05) is 27.2 Å². The van der Waals surface area contributed by atoms with Crippen LogP contribution in [0.5, 0.6) is 0 Å². The Labute approximate surface area is 106 Å². The van der Waals surface area contributed by atoms with Crippen molar-refractivity contribution in [1.29, 1.82) is 0 Å². The molecule has 0 spiro atoms. The first-order chi connectivity index (χ1) is 7.97. The Bertz CT molecular complexity index is 290. The molecular weight excluding hydrogens is 208 g/mol. The van der Waals surface area contributed by atoms with Crippen LogP contribution in [-0.4, -0.2) is 12.2 Å². The first-order valence-corrected chi connectivity index (χ1v) is 7.62. The van der Waals surface area contributed by atoms with Crippen LogP contribution in [0.3, 0.4) is 0 Å². The van der Waals surface area contributed by atoms with Gasteiger partial charge in [0.15, 0.2) is 0 Å². The van der Waals surface area contributed by atoms with Gasteiger partial charge in [-0.25, -0.2) is 0 Å². The fourth-order valence-corrected chi connectivity index (χ4v) is 4.63. The largest absolute Gasteiger partial charge is 0.374 e. The highest BCUT2D eigenvalue weighted by molar-refractivity contribution is 5.04. The molecule has 0 aliphatic heterocycles. The van der Waals surface area contributed by atoms with E-state index in [4.69, 9.17) is 4.74 Å². The van der Waals surface area contributed by atoms with E-state index in [1.54, 1.807) is 0 Å². The first kappa shape index (κ1) is 12.0. The van der Waals surface area contributed by atoms with Gasteiger partial charge in [-0.3, -0.25) is 0 Å². The number of rotatable bonds is 2. The third-order valence-corrected chi connectivity index (χ3v) is 5.97. The summed E-state index contributed by atoms with van der Waals surface area (Å²) in [5.41, 5.74) is 0.289. The molecule has 1 heteroatoms. The Kier molecular flexibility index (Phi) is 2.81. The second-order valence-electron chi connectivity index (χ2n) is 7.84. The zero-order valence-electron chi connectivity index (χ0n) is 11.9. The molecule has 0 aromatic carbocycles. The maximum absolute atomic E-state index is 6.42. The number of hydrogen-bond acceptors (Lipinski definition) is 1. The third-order valence-electron chi connectivity index (χ3n) is 5.97. The Balaban J connectivity index is 1.64.